The molecule has 0 heteroatoms. The minimum absolute atomic E-state index is 1.29. The molecule has 162 valence electrons. The van der Waals surface area contributed by atoms with E-state index in [0.29, 0.717) is 0 Å². The van der Waals surface area contributed by atoms with Gasteiger partial charge in [0.2, 0.25) is 0 Å². The van der Waals surface area contributed by atoms with E-state index < -0.39 is 0 Å². The number of hydrogen-bond donors (Lipinski definition) is 0. The molecule has 27 heavy (non-hydrogen) atoms. The highest BCUT2D eigenvalue weighted by molar-refractivity contribution is 4.81. The predicted molar refractivity (Wildman–Crippen MR) is 127 cm³/mol. The van der Waals surface area contributed by atoms with Crippen LogP contribution in [0.15, 0.2) is 12.2 Å². The van der Waals surface area contributed by atoms with Gasteiger partial charge in [-0.15, -0.1) is 0 Å². The highest BCUT2D eigenvalue weighted by Gasteiger charge is 1.95. The second kappa shape index (κ2) is 25.7. The molecule has 0 aliphatic carbocycles. The fourth-order valence-electron chi connectivity index (χ4n) is 3.90. The van der Waals surface area contributed by atoms with Gasteiger partial charge >= 0.3 is 0 Å². The van der Waals surface area contributed by atoms with Crippen molar-refractivity contribution in [3.63, 3.8) is 0 Å². The Kier molecular flexibility index (Phi) is 25.5. The quantitative estimate of drug-likeness (QED) is 0.122. The van der Waals surface area contributed by atoms with Crippen molar-refractivity contribution in [2.75, 3.05) is 0 Å². The molecule has 0 bridgehead atoms. The molecule has 0 aromatic rings. The molecule has 0 saturated heterocycles. The lowest BCUT2D eigenvalue weighted by molar-refractivity contribution is 0.523. The first-order valence-corrected chi connectivity index (χ1v) is 13.1. The zero-order chi connectivity index (χ0) is 19.7. The fourth-order valence-corrected chi connectivity index (χ4v) is 3.90. The summed E-state index contributed by atoms with van der Waals surface area (Å²) in [5, 5.41) is 0. The van der Waals surface area contributed by atoms with E-state index in [-0.39, 0.29) is 0 Å². The van der Waals surface area contributed by atoms with Crippen LogP contribution >= 0.6 is 0 Å². The Morgan fingerprint density at radius 1 is 0.296 bits per heavy atom. The van der Waals surface area contributed by atoms with E-state index in [1.54, 1.807) is 0 Å². The Hall–Kier alpha value is -0.260. The molecule has 0 spiro atoms. The van der Waals surface area contributed by atoms with E-state index in [9.17, 15) is 0 Å². The Labute approximate surface area is 174 Å². The molecule has 0 N–H and O–H groups in total. The summed E-state index contributed by atoms with van der Waals surface area (Å²) < 4.78 is 0. The molecule has 0 fully saturated rings. The normalized spacial score (nSPS) is 11.6. The lowest BCUT2D eigenvalue weighted by atomic mass is 10.0. The Balaban J connectivity index is 3.00. The second-order valence-corrected chi connectivity index (χ2v) is 8.77. The van der Waals surface area contributed by atoms with Gasteiger partial charge in [-0.1, -0.05) is 154 Å². The average Bonchev–Trinajstić information content (AvgIpc) is 2.68. The van der Waals surface area contributed by atoms with Crippen molar-refractivity contribution in [1.29, 1.82) is 0 Å². The minimum atomic E-state index is 1.29. The summed E-state index contributed by atoms with van der Waals surface area (Å²) in [5.41, 5.74) is 0. The molecule has 0 amide bonds. The van der Waals surface area contributed by atoms with Gasteiger partial charge in [0.15, 0.2) is 0 Å². The molecule has 0 aromatic carbocycles. The van der Waals surface area contributed by atoms with Crippen LogP contribution in [0.5, 0.6) is 0 Å². The first kappa shape index (κ1) is 26.7. The van der Waals surface area contributed by atoms with Gasteiger partial charge in [0.1, 0.15) is 0 Å². The first-order chi connectivity index (χ1) is 13.4. The number of unbranched alkanes of at least 4 members (excludes halogenated alkanes) is 21. The van der Waals surface area contributed by atoms with Gasteiger partial charge in [-0.25, -0.2) is 0 Å². The summed E-state index contributed by atoms with van der Waals surface area (Å²) in [5.74, 6) is 0. The maximum atomic E-state index is 2.41. The van der Waals surface area contributed by atoms with E-state index in [4.69, 9.17) is 0 Å². The van der Waals surface area contributed by atoms with Crippen molar-refractivity contribution in [2.24, 2.45) is 0 Å². The van der Waals surface area contributed by atoms with Crippen LogP contribution in [0.2, 0.25) is 0 Å². The summed E-state index contributed by atoms with van der Waals surface area (Å²) in [6, 6.07) is 0. The van der Waals surface area contributed by atoms with Gasteiger partial charge in [-0.05, 0) is 19.3 Å². The van der Waals surface area contributed by atoms with E-state index >= 15 is 0 Å². The van der Waals surface area contributed by atoms with Crippen LogP contribution in [-0.2, 0) is 0 Å². The monoisotopic (exact) mass is 378 g/mol. The van der Waals surface area contributed by atoms with Crippen LogP contribution in [0.4, 0.5) is 0 Å². The van der Waals surface area contributed by atoms with Crippen LogP contribution in [0.25, 0.3) is 0 Å². The van der Waals surface area contributed by atoms with Crippen LogP contribution in [0, 0.1) is 0 Å². The summed E-state index contributed by atoms with van der Waals surface area (Å²) in [4.78, 5) is 0. The van der Waals surface area contributed by atoms with Crippen molar-refractivity contribution in [1.82, 2.24) is 0 Å². The maximum Gasteiger partial charge on any atom is -0.0351 e. The van der Waals surface area contributed by atoms with Crippen LogP contribution in [0.3, 0.4) is 0 Å². The lowest BCUT2D eigenvalue weighted by Crippen LogP contribution is -1.84. The largest absolute Gasteiger partial charge is 0.0885 e. The number of rotatable bonds is 23. The molecule has 0 aliphatic rings. The summed E-state index contributed by atoms with van der Waals surface area (Å²) in [6.07, 6.45) is 37.9. The molecule has 0 unspecified atom stereocenters. The van der Waals surface area contributed by atoms with Gasteiger partial charge in [-0.3, -0.25) is 0 Å². The standard InChI is InChI=1S/C27H54/c1-3-5-7-9-11-13-15-17-19-21-23-25-27-26-24-22-20-18-16-14-12-10-8-6-4-2/h9,11H,3-8,10,12-27H2,1-2H3. The molecule has 0 saturated carbocycles. The Morgan fingerprint density at radius 2 is 0.556 bits per heavy atom. The third-order valence-corrected chi connectivity index (χ3v) is 5.87. The van der Waals surface area contributed by atoms with E-state index in [2.05, 4.69) is 26.0 Å². The Morgan fingerprint density at radius 3 is 0.889 bits per heavy atom. The van der Waals surface area contributed by atoms with Crippen molar-refractivity contribution in [3.8, 4) is 0 Å². The van der Waals surface area contributed by atoms with E-state index in [1.165, 1.54) is 148 Å². The molecule has 0 radical (unpaired) electrons. The first-order valence-electron chi connectivity index (χ1n) is 13.1. The molecule has 0 rings (SSSR count). The SMILES string of the molecule is CCCCC=CCCCCCCCCCCCCCCCCCCCCC. The summed E-state index contributed by atoms with van der Waals surface area (Å²) in [6.45, 7) is 4.57. The zero-order valence-corrected chi connectivity index (χ0v) is 19.4. The average molecular weight is 379 g/mol. The van der Waals surface area contributed by atoms with E-state index in [1.807, 2.05) is 0 Å². The van der Waals surface area contributed by atoms with Crippen molar-refractivity contribution in [2.45, 2.75) is 162 Å². The second-order valence-electron chi connectivity index (χ2n) is 8.77. The smallest absolute Gasteiger partial charge is 0.0351 e. The third-order valence-electron chi connectivity index (χ3n) is 5.87. The predicted octanol–water partition coefficient (Wildman–Crippen LogP) is 10.6. The Bertz CT molecular complexity index is 265. The van der Waals surface area contributed by atoms with Crippen molar-refractivity contribution >= 4 is 0 Å². The van der Waals surface area contributed by atoms with Gasteiger partial charge < -0.3 is 0 Å². The zero-order valence-electron chi connectivity index (χ0n) is 19.4. The van der Waals surface area contributed by atoms with Gasteiger partial charge in [-0.2, -0.15) is 0 Å². The highest BCUT2D eigenvalue weighted by Crippen LogP contribution is 2.14. The summed E-state index contributed by atoms with van der Waals surface area (Å²) in [7, 11) is 0. The minimum Gasteiger partial charge on any atom is -0.0885 e. The highest BCUT2D eigenvalue weighted by atomic mass is 14.0. The van der Waals surface area contributed by atoms with Crippen LogP contribution < -0.4 is 0 Å². The maximum absolute atomic E-state index is 2.41. The molecule has 0 nitrogen and oxygen atoms in total. The molecule has 0 atom stereocenters. The summed E-state index contributed by atoms with van der Waals surface area (Å²) >= 11 is 0. The third kappa shape index (κ3) is 25.7. The number of allylic oxidation sites excluding steroid dienone is 2. The van der Waals surface area contributed by atoms with Crippen molar-refractivity contribution in [3.05, 3.63) is 12.2 Å². The van der Waals surface area contributed by atoms with Gasteiger partial charge in [0, 0.05) is 0 Å². The molecule has 0 aromatic heterocycles. The van der Waals surface area contributed by atoms with E-state index in [0.717, 1.165) is 0 Å². The van der Waals surface area contributed by atoms with Gasteiger partial charge in [0.05, 0.1) is 0 Å². The van der Waals surface area contributed by atoms with Crippen LogP contribution in [0.1, 0.15) is 162 Å². The topological polar surface area (TPSA) is 0 Å². The molecular formula is C27H54. The fraction of sp³-hybridized carbons (Fsp3) is 0.926. The van der Waals surface area contributed by atoms with Gasteiger partial charge in [0.25, 0.3) is 0 Å². The molecular weight excluding hydrogens is 324 g/mol. The molecule has 0 heterocycles. The van der Waals surface area contributed by atoms with Crippen LogP contribution in [-0.4, -0.2) is 0 Å². The lowest BCUT2D eigenvalue weighted by Gasteiger charge is -2.03. The molecule has 0 aliphatic heterocycles. The number of hydrogen-bond acceptors (Lipinski definition) is 0. The van der Waals surface area contributed by atoms with Crippen molar-refractivity contribution < 1.29 is 0 Å².